The van der Waals surface area contributed by atoms with E-state index in [1.165, 1.54) is 17.0 Å². The van der Waals surface area contributed by atoms with Gasteiger partial charge in [0.15, 0.2) is 0 Å². The van der Waals surface area contributed by atoms with E-state index in [1.807, 2.05) is 47.6 Å². The highest BCUT2D eigenvalue weighted by Crippen LogP contribution is 2.35. The zero-order chi connectivity index (χ0) is 31.6. The smallest absolute Gasteiger partial charge is 0.419 e. The topological polar surface area (TPSA) is 125 Å². The largest absolute Gasteiger partial charge is 0.464 e. The normalized spacial score (nSPS) is 12.0. The van der Waals surface area contributed by atoms with Crippen molar-refractivity contribution in [1.29, 1.82) is 0 Å². The molecule has 12 heteroatoms. The molecule has 0 unspecified atom stereocenters. The van der Waals surface area contributed by atoms with Crippen molar-refractivity contribution < 1.29 is 19.4 Å². The molecule has 4 rings (SSSR count). The second-order valence-electron chi connectivity index (χ2n) is 12.6. The predicted molar refractivity (Wildman–Crippen MR) is 163 cm³/mol. The van der Waals surface area contributed by atoms with Gasteiger partial charge in [0, 0.05) is 24.8 Å². The molecule has 224 valence electrons. The highest BCUT2D eigenvalue weighted by molar-refractivity contribution is 6.28. The summed E-state index contributed by atoms with van der Waals surface area (Å²) in [5, 5.41) is 9.49. The molecule has 0 amide bonds. The van der Waals surface area contributed by atoms with Crippen LogP contribution in [0.2, 0.25) is 10.6 Å². The molecule has 4 aromatic heterocycles. The van der Waals surface area contributed by atoms with Gasteiger partial charge in [0.1, 0.15) is 5.60 Å². The molecule has 0 bridgehead atoms. The van der Waals surface area contributed by atoms with Crippen molar-refractivity contribution in [3.8, 4) is 22.8 Å². The maximum atomic E-state index is 12.5. The molecule has 0 radical (unpaired) electrons. The number of rotatable bonds is 2. The molecule has 0 aliphatic rings. The zero-order valence-corrected chi connectivity index (χ0v) is 26.7. The fourth-order valence-electron chi connectivity index (χ4n) is 4.15. The number of ether oxygens (including phenoxy) is 1. The minimum absolute atomic E-state index is 0.0931. The molecule has 42 heavy (non-hydrogen) atoms. The molecule has 0 atom stereocenters. The van der Waals surface area contributed by atoms with Crippen LogP contribution in [0.3, 0.4) is 0 Å². The fourth-order valence-corrected chi connectivity index (χ4v) is 4.45. The van der Waals surface area contributed by atoms with Crippen LogP contribution in [0.1, 0.15) is 73.4 Å². The van der Waals surface area contributed by atoms with Gasteiger partial charge in [0.25, 0.3) is 0 Å². The standard InChI is InChI=1S/C17H22ClN3O2.C13H14ClN3O2/c1-16(2,3)11-8-10-21(15(22)23-17(4,5)6)13(11)12-7-9-19-14(18)20-12;1-13(2,3)8-5-7-17(12(18)19)10(8)9-4-6-15-11(14)16-9/h7-10H,1-6H3;4-7H,1-3H3,(H,18,19). The van der Waals surface area contributed by atoms with E-state index >= 15 is 0 Å². The SMILES string of the molecule is CC(C)(C)OC(=O)n1ccc(C(C)(C)C)c1-c1ccnc(Cl)n1.CC(C)(C)c1ccn(C(=O)O)c1-c1ccnc(Cl)n1. The number of hydrogen-bond acceptors (Lipinski definition) is 7. The minimum Gasteiger partial charge on any atom is -0.464 e. The number of halogens is 2. The molecule has 0 aromatic carbocycles. The van der Waals surface area contributed by atoms with Crippen LogP contribution in [0.5, 0.6) is 0 Å². The molecule has 0 fully saturated rings. The van der Waals surface area contributed by atoms with Gasteiger partial charge in [-0.2, -0.15) is 0 Å². The van der Waals surface area contributed by atoms with Gasteiger partial charge in [-0.25, -0.2) is 29.5 Å². The Morgan fingerprint density at radius 2 is 1.12 bits per heavy atom. The first-order chi connectivity index (χ1) is 19.3. The van der Waals surface area contributed by atoms with Crippen LogP contribution in [0.25, 0.3) is 22.8 Å². The maximum absolute atomic E-state index is 12.5. The Hall–Kier alpha value is -3.76. The van der Waals surface area contributed by atoms with Crippen LogP contribution in [0.15, 0.2) is 49.1 Å². The molecule has 4 aromatic rings. The number of aromatic nitrogens is 6. The number of nitrogens with zero attached hydrogens (tertiary/aromatic N) is 6. The molecule has 10 nitrogen and oxygen atoms in total. The molecule has 0 saturated carbocycles. The van der Waals surface area contributed by atoms with E-state index in [-0.39, 0.29) is 21.4 Å². The van der Waals surface area contributed by atoms with E-state index in [0.717, 1.165) is 15.7 Å². The Morgan fingerprint density at radius 1 is 0.714 bits per heavy atom. The number of carbonyl (C=O) groups excluding carboxylic acids is 1. The van der Waals surface area contributed by atoms with Crippen molar-refractivity contribution in [3.63, 3.8) is 0 Å². The Labute approximate surface area is 255 Å². The van der Waals surface area contributed by atoms with Crippen LogP contribution in [-0.4, -0.2) is 52.0 Å². The lowest BCUT2D eigenvalue weighted by Gasteiger charge is -2.23. The predicted octanol–water partition coefficient (Wildman–Crippen LogP) is 8.10. The number of carbonyl (C=O) groups is 2. The molecule has 0 spiro atoms. The highest BCUT2D eigenvalue weighted by atomic mass is 35.5. The first-order valence-electron chi connectivity index (χ1n) is 13.2. The van der Waals surface area contributed by atoms with E-state index in [4.69, 9.17) is 27.9 Å². The molecule has 0 aliphatic heterocycles. The summed E-state index contributed by atoms with van der Waals surface area (Å²) in [6.45, 7) is 17.8. The molecule has 0 aliphatic carbocycles. The summed E-state index contributed by atoms with van der Waals surface area (Å²) in [5.41, 5.74) is 3.23. The molecular formula is C30H36Cl2N6O4. The summed E-state index contributed by atoms with van der Waals surface area (Å²) in [6.07, 6.45) is 4.81. The van der Waals surface area contributed by atoms with Crippen molar-refractivity contribution in [2.75, 3.05) is 0 Å². The van der Waals surface area contributed by atoms with Gasteiger partial charge in [0.2, 0.25) is 10.6 Å². The second-order valence-corrected chi connectivity index (χ2v) is 13.3. The van der Waals surface area contributed by atoms with Gasteiger partial charge in [-0.15, -0.1) is 0 Å². The Kier molecular flexibility index (Phi) is 9.54. The summed E-state index contributed by atoms with van der Waals surface area (Å²) in [7, 11) is 0. The van der Waals surface area contributed by atoms with E-state index in [1.54, 1.807) is 30.6 Å². The third-order valence-electron chi connectivity index (χ3n) is 5.92. The first kappa shape index (κ1) is 32.8. The molecular weight excluding hydrogens is 579 g/mol. The lowest BCUT2D eigenvalue weighted by atomic mass is 9.86. The van der Waals surface area contributed by atoms with E-state index in [9.17, 15) is 14.7 Å². The minimum atomic E-state index is -1.06. The zero-order valence-electron chi connectivity index (χ0n) is 25.2. The first-order valence-corrected chi connectivity index (χ1v) is 13.9. The van der Waals surface area contributed by atoms with E-state index in [2.05, 4.69) is 40.7 Å². The number of hydrogen-bond donors (Lipinski definition) is 1. The van der Waals surface area contributed by atoms with Gasteiger partial charge < -0.3 is 9.84 Å². The molecule has 1 N–H and O–H groups in total. The van der Waals surface area contributed by atoms with E-state index in [0.29, 0.717) is 22.8 Å². The van der Waals surface area contributed by atoms with Gasteiger partial charge >= 0.3 is 12.2 Å². The summed E-state index contributed by atoms with van der Waals surface area (Å²) in [6, 6.07) is 7.09. The van der Waals surface area contributed by atoms with Crippen molar-refractivity contribution in [2.45, 2.75) is 78.7 Å². The average Bonchev–Trinajstić information content (AvgIpc) is 3.49. The quantitative estimate of drug-likeness (QED) is 0.224. The van der Waals surface area contributed by atoms with Crippen molar-refractivity contribution in [3.05, 3.63) is 70.7 Å². The fraction of sp³-hybridized carbons (Fsp3) is 0.400. The maximum Gasteiger partial charge on any atom is 0.419 e. The summed E-state index contributed by atoms with van der Waals surface area (Å²) in [5.74, 6) is 0. The van der Waals surface area contributed by atoms with Gasteiger partial charge in [-0.3, -0.25) is 9.13 Å². The molecule has 4 heterocycles. The van der Waals surface area contributed by atoms with Crippen molar-refractivity contribution in [1.82, 2.24) is 29.1 Å². The molecule has 0 saturated heterocycles. The van der Waals surface area contributed by atoms with Crippen LogP contribution < -0.4 is 0 Å². The third-order valence-corrected chi connectivity index (χ3v) is 6.29. The van der Waals surface area contributed by atoms with Crippen molar-refractivity contribution in [2.24, 2.45) is 0 Å². The van der Waals surface area contributed by atoms with Crippen molar-refractivity contribution >= 4 is 35.4 Å². The van der Waals surface area contributed by atoms with Crippen LogP contribution in [-0.2, 0) is 15.6 Å². The summed E-state index contributed by atoms with van der Waals surface area (Å²) < 4.78 is 8.12. The van der Waals surface area contributed by atoms with E-state index < -0.39 is 17.8 Å². The van der Waals surface area contributed by atoms with Crippen LogP contribution >= 0.6 is 23.2 Å². The summed E-state index contributed by atoms with van der Waals surface area (Å²) in [4.78, 5) is 39.9. The van der Waals surface area contributed by atoms with Crippen LogP contribution in [0, 0.1) is 0 Å². The lowest BCUT2D eigenvalue weighted by molar-refractivity contribution is 0.0539. The average molecular weight is 616 g/mol. The highest BCUT2D eigenvalue weighted by Gasteiger charge is 2.28. The lowest BCUT2D eigenvalue weighted by Crippen LogP contribution is -2.27. The van der Waals surface area contributed by atoms with Crippen LogP contribution in [0.4, 0.5) is 9.59 Å². The van der Waals surface area contributed by atoms with Gasteiger partial charge in [-0.05, 0) is 90.2 Å². The summed E-state index contributed by atoms with van der Waals surface area (Å²) >= 11 is 11.7. The Balaban J connectivity index is 0.000000235. The van der Waals surface area contributed by atoms with Gasteiger partial charge in [0.05, 0.1) is 22.8 Å². The number of carboxylic acid groups (broad SMARTS) is 1. The Morgan fingerprint density at radius 3 is 1.48 bits per heavy atom. The third kappa shape index (κ3) is 7.95. The Bertz CT molecular complexity index is 1590. The van der Waals surface area contributed by atoms with Gasteiger partial charge in [-0.1, -0.05) is 41.5 Å². The second kappa shape index (κ2) is 12.2. The monoisotopic (exact) mass is 614 g/mol.